The maximum absolute atomic E-state index is 14.4. The Hall–Kier alpha value is -3.61. The quantitative estimate of drug-likeness (QED) is 0.132. The van der Waals surface area contributed by atoms with Crippen LogP contribution in [0.2, 0.25) is 0 Å². The van der Waals surface area contributed by atoms with Gasteiger partial charge in [-0.3, -0.25) is 0 Å². The monoisotopic (exact) mass is 834 g/mol. The zero-order valence-electron chi connectivity index (χ0n) is 28.3. The Morgan fingerprint density at radius 2 is 1.46 bits per heavy atom. The Bertz CT molecular complexity index is 2380. The van der Waals surface area contributed by atoms with Crippen LogP contribution >= 0.6 is 0 Å². The second-order valence-corrected chi connectivity index (χ2v) is 17.2. The summed E-state index contributed by atoms with van der Waals surface area (Å²) in [6, 6.07) is 34.7. The van der Waals surface area contributed by atoms with E-state index in [0.717, 1.165) is 40.0 Å². The molecule has 5 heterocycles. The van der Waals surface area contributed by atoms with Gasteiger partial charge in [-0.25, -0.2) is 13.4 Å². The predicted molar refractivity (Wildman–Crippen MR) is 190 cm³/mol. The summed E-state index contributed by atoms with van der Waals surface area (Å²) in [4.78, 5) is 4.99. The van der Waals surface area contributed by atoms with E-state index in [9.17, 15) is 8.42 Å². The SMILES string of the molecule is CC(C)(C)c1ccnc(-n2c3[c-]c(S(=O)(=O)c4[c-]c([N@@+]56[CH-][N@@+](C)(C5)c5cc(C(C)(C)C)ccc56)ccc4)ccc3c3ccccc32)c1.[Pt]. The maximum Gasteiger partial charge on any atom is 0.179 e. The van der Waals surface area contributed by atoms with Crippen LogP contribution in [0.25, 0.3) is 27.6 Å². The van der Waals surface area contributed by atoms with E-state index in [1.165, 1.54) is 16.9 Å². The van der Waals surface area contributed by atoms with Gasteiger partial charge >= 0.3 is 0 Å². The van der Waals surface area contributed by atoms with Crippen LogP contribution in [0.5, 0.6) is 0 Å². The number of benzene rings is 4. The first kappa shape index (κ1) is 32.9. The van der Waals surface area contributed by atoms with Gasteiger partial charge in [0.1, 0.15) is 5.82 Å². The number of fused-ring (bicyclic) bond motifs is 3. The molecule has 8 heteroatoms. The maximum atomic E-state index is 14.4. The van der Waals surface area contributed by atoms with Crippen LogP contribution in [0.1, 0.15) is 52.7 Å². The summed E-state index contributed by atoms with van der Waals surface area (Å²) in [6.45, 7) is 16.3. The summed E-state index contributed by atoms with van der Waals surface area (Å²) < 4.78 is 31.9. The largest absolute Gasteiger partial charge is 0.325 e. The minimum atomic E-state index is -3.95. The topological polar surface area (TPSA) is 52.0 Å². The molecule has 2 aromatic heterocycles. The summed E-state index contributed by atoms with van der Waals surface area (Å²) in [5.41, 5.74) is 7.29. The van der Waals surface area contributed by atoms with Crippen LogP contribution < -0.4 is 8.97 Å². The Kier molecular flexibility index (Phi) is 7.33. The van der Waals surface area contributed by atoms with Crippen LogP contribution in [0, 0.1) is 18.8 Å². The molecule has 6 aromatic rings. The van der Waals surface area contributed by atoms with Gasteiger partial charge in [0.05, 0.1) is 13.7 Å². The molecule has 3 aliphatic rings. The van der Waals surface area contributed by atoms with Gasteiger partial charge in [0.15, 0.2) is 27.9 Å². The van der Waals surface area contributed by atoms with Crippen molar-refractivity contribution in [1.29, 1.82) is 0 Å². The van der Waals surface area contributed by atoms with Crippen LogP contribution in [-0.4, -0.2) is 31.7 Å². The van der Waals surface area contributed by atoms with Crippen molar-refractivity contribution in [3.05, 3.63) is 121 Å². The summed E-state index contributed by atoms with van der Waals surface area (Å²) >= 11 is 0. The van der Waals surface area contributed by atoms with Gasteiger partial charge in [-0.1, -0.05) is 71.3 Å². The van der Waals surface area contributed by atoms with Crippen molar-refractivity contribution < 1.29 is 29.5 Å². The molecule has 4 aromatic carbocycles. The summed E-state index contributed by atoms with van der Waals surface area (Å²) in [7, 11) is -1.74. The zero-order valence-corrected chi connectivity index (χ0v) is 31.4. The smallest absolute Gasteiger partial charge is 0.179 e. The van der Waals surface area contributed by atoms with Gasteiger partial charge in [-0.15, -0.1) is 23.6 Å². The molecule has 2 bridgehead atoms. The number of aromatic nitrogens is 2. The number of hydrogen-bond acceptors (Lipinski definition) is 3. The van der Waals surface area contributed by atoms with Crippen LogP contribution in [0.4, 0.5) is 17.1 Å². The molecule has 0 spiro atoms. The Balaban J connectivity index is 0.00000364. The van der Waals surface area contributed by atoms with E-state index in [1.54, 1.807) is 12.1 Å². The molecule has 0 radical (unpaired) electrons. The third-order valence-corrected chi connectivity index (χ3v) is 11.6. The number of nitrogens with zero attached hydrogens (tertiary/aromatic N) is 4. The molecule has 0 saturated carbocycles. The van der Waals surface area contributed by atoms with Gasteiger partial charge in [0.25, 0.3) is 0 Å². The molecule has 1 fully saturated rings. The predicted octanol–water partition coefficient (Wildman–Crippen LogP) is 8.88. The molecule has 0 amide bonds. The van der Waals surface area contributed by atoms with Crippen molar-refractivity contribution in [3.8, 4) is 5.82 Å². The van der Waals surface area contributed by atoms with Gasteiger partial charge < -0.3 is 13.5 Å². The fraction of sp³-hybridized carbons (Fsp3) is 0.250. The van der Waals surface area contributed by atoms with Crippen LogP contribution in [0.15, 0.2) is 101 Å². The minimum Gasteiger partial charge on any atom is -0.325 e. The average molecular weight is 835 g/mol. The fourth-order valence-corrected chi connectivity index (χ4v) is 8.59. The molecular formula is C40H39N4O2PtS-. The van der Waals surface area contributed by atoms with Crippen molar-refractivity contribution >= 4 is 48.7 Å². The van der Waals surface area contributed by atoms with E-state index < -0.39 is 9.84 Å². The molecule has 3 aliphatic heterocycles. The summed E-state index contributed by atoms with van der Waals surface area (Å²) in [6.07, 6.45) is 1.82. The molecule has 0 aliphatic carbocycles. The van der Waals surface area contributed by atoms with Crippen LogP contribution in [-0.2, 0) is 41.7 Å². The molecule has 48 heavy (non-hydrogen) atoms. The second kappa shape index (κ2) is 10.7. The zero-order chi connectivity index (χ0) is 33.1. The van der Waals surface area contributed by atoms with Crippen molar-refractivity contribution in [1.82, 2.24) is 18.5 Å². The molecule has 6 nitrogen and oxygen atoms in total. The molecular weight excluding hydrogens is 796 g/mol. The fourth-order valence-electron chi connectivity index (χ4n) is 7.38. The first-order chi connectivity index (χ1) is 22.1. The van der Waals surface area contributed by atoms with Gasteiger partial charge in [0.2, 0.25) is 0 Å². The summed E-state index contributed by atoms with van der Waals surface area (Å²) in [5, 5.41) is 1.95. The van der Waals surface area contributed by atoms with E-state index in [-0.39, 0.29) is 41.7 Å². The Morgan fingerprint density at radius 3 is 2.19 bits per heavy atom. The van der Waals surface area contributed by atoms with E-state index in [0.29, 0.717) is 14.5 Å². The standard InChI is InChI=1S/C40H39N4O2S.Pt/c1-39(2,3)27-15-18-36-37(21-27)43(7)25-44(36,26-43)29-11-10-12-30(23-29)47(45,46)31-16-17-33-32-13-8-9-14-34(32)42(35(33)24-31)38-22-28(19-20-41-38)40(4,5)6;/h8-22,25H,26H2,1-7H3;/q-1;/t43-,44+;/m0./s1. The molecule has 248 valence electrons. The molecule has 0 unspecified atom stereocenters. The van der Waals surface area contributed by atoms with Gasteiger partial charge in [0, 0.05) is 50.6 Å². The van der Waals surface area contributed by atoms with E-state index in [1.807, 2.05) is 53.2 Å². The number of pyridine rings is 1. The van der Waals surface area contributed by atoms with Gasteiger partial charge in [-0.2, -0.15) is 24.3 Å². The number of para-hydroxylation sites is 1. The number of sulfone groups is 1. The molecule has 1 saturated heterocycles. The average Bonchev–Trinajstić information content (AvgIpc) is 3.59. The van der Waals surface area contributed by atoms with Crippen molar-refractivity contribution in [2.45, 2.75) is 62.2 Å². The third-order valence-electron chi connectivity index (χ3n) is 9.95. The number of quaternary nitrogens is 2. The van der Waals surface area contributed by atoms with E-state index in [2.05, 4.69) is 97.7 Å². The first-order valence-electron chi connectivity index (χ1n) is 16.1. The Labute approximate surface area is 298 Å². The summed E-state index contributed by atoms with van der Waals surface area (Å²) in [5.74, 6) is 0.732. The normalized spacial score (nSPS) is 20.4. The minimum absolute atomic E-state index is 0. The molecule has 2 atom stereocenters. The second-order valence-electron chi connectivity index (χ2n) is 15.3. The van der Waals surface area contributed by atoms with E-state index in [4.69, 9.17) is 4.98 Å². The molecule has 9 rings (SSSR count). The first-order valence-corrected chi connectivity index (χ1v) is 17.6. The number of hydrogen-bond donors (Lipinski definition) is 0. The molecule has 0 N–H and O–H groups in total. The number of rotatable bonds is 4. The third kappa shape index (κ3) is 4.77. The van der Waals surface area contributed by atoms with Crippen molar-refractivity contribution in [2.24, 2.45) is 0 Å². The van der Waals surface area contributed by atoms with Gasteiger partial charge in [-0.05, 0) is 55.3 Å². The van der Waals surface area contributed by atoms with Crippen LogP contribution in [0.3, 0.4) is 0 Å². The van der Waals surface area contributed by atoms with Crippen molar-refractivity contribution in [2.75, 3.05) is 13.7 Å². The van der Waals surface area contributed by atoms with Crippen molar-refractivity contribution in [3.63, 3.8) is 0 Å². The Morgan fingerprint density at radius 1 is 0.771 bits per heavy atom. The van der Waals surface area contributed by atoms with E-state index >= 15 is 0 Å².